The van der Waals surface area contributed by atoms with Crippen molar-refractivity contribution in [2.45, 2.75) is 69.0 Å². The molecule has 1 saturated heterocycles. The molecule has 5 N–H and O–H groups in total. The molecule has 11 heteroatoms. The highest BCUT2D eigenvalue weighted by Gasteiger charge is 2.33. The zero-order valence-corrected chi connectivity index (χ0v) is 35.6. The Kier molecular flexibility index (Phi) is 14.4. The first-order chi connectivity index (χ1) is 30.9. The van der Waals surface area contributed by atoms with Gasteiger partial charge in [0.05, 0.1) is 30.2 Å². The van der Waals surface area contributed by atoms with Crippen molar-refractivity contribution in [1.29, 1.82) is 0 Å². The van der Waals surface area contributed by atoms with E-state index < -0.39 is 6.29 Å². The van der Waals surface area contributed by atoms with Gasteiger partial charge in [-0.05, 0) is 64.9 Å². The summed E-state index contributed by atoms with van der Waals surface area (Å²) in [7, 11) is 0. The molecule has 8 rings (SSSR count). The molecule has 1 aliphatic rings. The van der Waals surface area contributed by atoms with Crippen LogP contribution >= 0.6 is 11.8 Å². The van der Waals surface area contributed by atoms with Crippen molar-refractivity contribution < 1.29 is 28.6 Å². The van der Waals surface area contributed by atoms with Crippen molar-refractivity contribution in [2.75, 3.05) is 16.8 Å². The predicted molar refractivity (Wildman–Crippen MR) is 248 cm³/mol. The molecule has 0 saturated carbocycles. The smallest absolute Gasteiger partial charge is 0.256 e. The zero-order valence-electron chi connectivity index (χ0n) is 34.8. The number of hydrogen-bond acceptors (Lipinski definition) is 9. The van der Waals surface area contributed by atoms with Crippen LogP contribution in [0.5, 0.6) is 0 Å². The van der Waals surface area contributed by atoms with E-state index in [4.69, 9.17) is 24.6 Å². The Balaban J connectivity index is 0.921. The molecule has 1 aromatic heterocycles. The number of oxazole rings is 1. The fourth-order valence-electron chi connectivity index (χ4n) is 7.54. The molecular formula is C52H50N4O6S. The Morgan fingerprint density at radius 2 is 1.35 bits per heavy atom. The van der Waals surface area contributed by atoms with Gasteiger partial charge in [-0.15, -0.1) is 0 Å². The largest absolute Gasteiger partial charge is 0.431 e. The summed E-state index contributed by atoms with van der Waals surface area (Å²) in [6.07, 6.45) is 1.34. The molecule has 10 nitrogen and oxygen atoms in total. The minimum atomic E-state index is -0.652. The van der Waals surface area contributed by atoms with Crippen molar-refractivity contribution >= 4 is 35.0 Å². The lowest BCUT2D eigenvalue weighted by molar-refractivity contribution is -0.245. The molecule has 7 aromatic rings. The van der Waals surface area contributed by atoms with Crippen LogP contribution in [0, 0.1) is 0 Å². The van der Waals surface area contributed by atoms with Crippen LogP contribution in [-0.2, 0) is 32.2 Å². The van der Waals surface area contributed by atoms with Crippen LogP contribution in [-0.4, -0.2) is 33.8 Å². The summed E-state index contributed by atoms with van der Waals surface area (Å²) < 4.78 is 19.9. The standard InChI is InChI=1S/C52H50N4O6S/c53-44-21-7-8-22-45(44)55-48(59)24-10-9-23-47(58)54-32-36-13-11-18-40(29-36)41-19-12-20-42(30-41)51-60-43(31-46(61-51)37-27-25-35(33-57)26-28-37)34-63-52-56-49(38-14-3-1-4-15-38)50(62-52)39-16-5-2-6-17-39/h1-8,11-22,25-30,43,46,51,57H,9-10,23-24,31-34,53H2,(H,54,58)(H,55,59)/t43-,46+,51+/m0/s1. The van der Waals surface area contributed by atoms with E-state index in [1.807, 2.05) is 121 Å². The Bertz CT molecular complexity index is 2550. The van der Waals surface area contributed by atoms with E-state index in [-0.39, 0.29) is 30.6 Å². The molecule has 0 spiro atoms. The van der Waals surface area contributed by atoms with Crippen molar-refractivity contribution in [3.63, 3.8) is 0 Å². The topological polar surface area (TPSA) is 149 Å². The van der Waals surface area contributed by atoms with Crippen LogP contribution in [0.1, 0.15) is 66.8 Å². The first-order valence-corrected chi connectivity index (χ1v) is 22.2. The van der Waals surface area contributed by atoms with E-state index in [1.165, 1.54) is 11.8 Å². The lowest BCUT2D eigenvalue weighted by Gasteiger charge is -2.36. The van der Waals surface area contributed by atoms with Gasteiger partial charge in [0.25, 0.3) is 5.22 Å². The number of thioether (sulfide) groups is 1. The number of nitrogen functional groups attached to an aromatic ring is 1. The number of carbonyl (C=O) groups excluding carboxylic acids is 2. The van der Waals surface area contributed by atoms with E-state index in [0.717, 1.165) is 56.0 Å². The summed E-state index contributed by atoms with van der Waals surface area (Å²) in [6.45, 7) is 0.354. The van der Waals surface area contributed by atoms with Gasteiger partial charge >= 0.3 is 0 Å². The number of ether oxygens (including phenoxy) is 2. The average Bonchev–Trinajstić information content (AvgIpc) is 3.77. The maximum absolute atomic E-state index is 12.7. The number of aliphatic hydroxyl groups is 1. The number of nitrogens with zero attached hydrogens (tertiary/aromatic N) is 1. The van der Waals surface area contributed by atoms with Crippen molar-refractivity contribution in [3.05, 3.63) is 180 Å². The van der Waals surface area contributed by atoms with Crippen LogP contribution in [0.2, 0.25) is 0 Å². The zero-order chi connectivity index (χ0) is 43.4. The summed E-state index contributed by atoms with van der Waals surface area (Å²) in [5.74, 6) is 1.12. The quantitative estimate of drug-likeness (QED) is 0.0399. The van der Waals surface area contributed by atoms with E-state index in [9.17, 15) is 14.7 Å². The summed E-state index contributed by atoms with van der Waals surface area (Å²) in [6, 6.07) is 51.4. The maximum Gasteiger partial charge on any atom is 0.256 e. The molecule has 1 aliphatic heterocycles. The van der Waals surface area contributed by atoms with Crippen molar-refractivity contribution in [1.82, 2.24) is 10.3 Å². The van der Waals surface area contributed by atoms with Gasteiger partial charge in [-0.25, -0.2) is 4.98 Å². The number of unbranched alkanes of at least 4 members (excludes halogenated alkanes) is 1. The summed E-state index contributed by atoms with van der Waals surface area (Å²) in [4.78, 5) is 30.1. The predicted octanol–water partition coefficient (Wildman–Crippen LogP) is 10.9. The number of anilines is 2. The molecule has 1 fully saturated rings. The first kappa shape index (κ1) is 43.2. The molecule has 2 heterocycles. The maximum atomic E-state index is 12.7. The SMILES string of the molecule is Nc1ccccc1NC(=O)CCCCC(=O)NCc1cccc(-c2cccc([C@@H]3O[C@H](CSc4nc(-c5ccccc5)c(-c5ccccc5)o4)C[C@H](c4ccc(CO)cc4)O3)c2)c1. The fraction of sp³-hybridized carbons (Fsp3) is 0.212. The number of carbonyl (C=O) groups is 2. The minimum Gasteiger partial charge on any atom is -0.431 e. The van der Waals surface area contributed by atoms with Gasteiger partial charge in [0.15, 0.2) is 12.1 Å². The number of benzene rings is 6. The number of hydrogen-bond donors (Lipinski definition) is 4. The lowest BCUT2D eigenvalue weighted by Crippen LogP contribution is -2.31. The number of para-hydroxylation sites is 2. The third-order valence-electron chi connectivity index (χ3n) is 10.9. The third kappa shape index (κ3) is 11.5. The third-order valence-corrected chi connectivity index (χ3v) is 11.9. The Morgan fingerprint density at radius 3 is 2.10 bits per heavy atom. The number of aliphatic hydroxyl groups excluding tert-OH is 1. The van der Waals surface area contributed by atoms with Crippen LogP contribution in [0.4, 0.5) is 11.4 Å². The Morgan fingerprint density at radius 1 is 0.683 bits per heavy atom. The molecule has 3 atom stereocenters. The second-order valence-corrected chi connectivity index (χ2v) is 16.5. The Labute approximate surface area is 371 Å². The van der Waals surface area contributed by atoms with Crippen molar-refractivity contribution in [2.24, 2.45) is 0 Å². The van der Waals surface area contributed by atoms with Gasteiger partial charge in [0.2, 0.25) is 11.8 Å². The summed E-state index contributed by atoms with van der Waals surface area (Å²) in [5.41, 5.74) is 15.5. The molecule has 0 radical (unpaired) electrons. The molecule has 2 amide bonds. The molecule has 0 bridgehead atoms. The minimum absolute atomic E-state index is 0.0305. The van der Waals surface area contributed by atoms with E-state index in [1.54, 1.807) is 12.1 Å². The van der Waals surface area contributed by atoms with E-state index >= 15 is 0 Å². The number of aromatic nitrogens is 1. The van der Waals surface area contributed by atoms with Gasteiger partial charge in [-0.3, -0.25) is 9.59 Å². The molecule has 63 heavy (non-hydrogen) atoms. The molecule has 6 aromatic carbocycles. The van der Waals surface area contributed by atoms with Gasteiger partial charge in [-0.2, -0.15) is 0 Å². The average molecular weight is 859 g/mol. The highest BCUT2D eigenvalue weighted by molar-refractivity contribution is 7.99. The first-order valence-electron chi connectivity index (χ1n) is 21.2. The lowest BCUT2D eigenvalue weighted by atomic mass is 9.99. The van der Waals surface area contributed by atoms with Crippen molar-refractivity contribution in [3.8, 4) is 33.7 Å². The van der Waals surface area contributed by atoms with Gasteiger partial charge in [0, 0.05) is 48.3 Å². The highest BCUT2D eigenvalue weighted by atomic mass is 32.2. The molecule has 320 valence electrons. The van der Waals surface area contributed by atoms with Crippen LogP contribution in [0.15, 0.2) is 167 Å². The van der Waals surface area contributed by atoms with Crippen LogP contribution in [0.25, 0.3) is 33.7 Å². The fourth-order valence-corrected chi connectivity index (χ4v) is 8.38. The highest BCUT2D eigenvalue weighted by Crippen LogP contribution is 2.42. The van der Waals surface area contributed by atoms with Gasteiger partial charge in [-0.1, -0.05) is 145 Å². The molecule has 0 aliphatic carbocycles. The molecular weight excluding hydrogens is 809 g/mol. The van der Waals surface area contributed by atoms with Crippen LogP contribution < -0.4 is 16.4 Å². The van der Waals surface area contributed by atoms with Gasteiger partial charge < -0.3 is 35.4 Å². The van der Waals surface area contributed by atoms with E-state index in [0.29, 0.717) is 61.0 Å². The van der Waals surface area contributed by atoms with Crippen LogP contribution in [0.3, 0.4) is 0 Å². The number of nitrogens with one attached hydrogen (secondary N) is 2. The number of amides is 2. The van der Waals surface area contributed by atoms with E-state index in [2.05, 4.69) is 34.9 Å². The summed E-state index contributed by atoms with van der Waals surface area (Å²) >= 11 is 1.53. The second-order valence-electron chi connectivity index (χ2n) is 15.5. The number of nitrogens with two attached hydrogens (primary N) is 1. The van der Waals surface area contributed by atoms with Gasteiger partial charge in [0.1, 0.15) is 5.69 Å². The Hall–Kier alpha value is -6.50. The molecule has 0 unspecified atom stereocenters. The monoisotopic (exact) mass is 858 g/mol. The summed E-state index contributed by atoms with van der Waals surface area (Å²) in [5, 5.41) is 16.1. The second kappa shape index (κ2) is 21.0. The normalized spacial score (nSPS) is 16.0. The number of rotatable bonds is 17.